The second kappa shape index (κ2) is 7.33. The van der Waals surface area contributed by atoms with E-state index < -0.39 is 29.0 Å². The number of carbonyl (C=O) groups is 1. The summed E-state index contributed by atoms with van der Waals surface area (Å²) in [5.41, 5.74) is -2.05. The Balaban J connectivity index is 1.82. The van der Waals surface area contributed by atoms with E-state index in [4.69, 9.17) is 0 Å². The lowest BCUT2D eigenvalue weighted by atomic mass is 9.91. The van der Waals surface area contributed by atoms with Gasteiger partial charge in [-0.15, -0.1) is 0 Å². The summed E-state index contributed by atoms with van der Waals surface area (Å²) in [4.78, 5) is 44.0. The number of aliphatic hydroxyl groups excluding tert-OH is 1. The van der Waals surface area contributed by atoms with Crippen LogP contribution in [0.4, 0.5) is 0 Å². The molecule has 0 spiro atoms. The number of likely N-dealkylation sites (tertiary alicyclic amines) is 1. The van der Waals surface area contributed by atoms with Crippen LogP contribution in [-0.2, 0) is 18.9 Å². The molecule has 0 aromatic carbocycles. The molecule has 2 fully saturated rings. The third kappa shape index (κ3) is 3.26. The molecule has 0 aliphatic carbocycles. The van der Waals surface area contributed by atoms with Crippen molar-refractivity contribution in [2.75, 3.05) is 19.6 Å². The molecule has 0 radical (unpaired) electrons. The first-order valence-corrected chi connectivity index (χ1v) is 10.2. The number of β-amino-alcohol motifs (C(OH)–C–C–N with tert-alkyl or cyclic N) is 1. The zero-order valence-corrected chi connectivity index (χ0v) is 17.4. The summed E-state index contributed by atoms with van der Waals surface area (Å²) in [6, 6.07) is -1.04. The highest BCUT2D eigenvalue weighted by Gasteiger charge is 2.43. The van der Waals surface area contributed by atoms with Crippen molar-refractivity contribution >= 4 is 17.1 Å². The van der Waals surface area contributed by atoms with Gasteiger partial charge in [0.05, 0.1) is 30.1 Å². The van der Waals surface area contributed by atoms with Crippen molar-refractivity contribution in [1.29, 1.82) is 0 Å². The Labute approximate surface area is 172 Å². The Morgan fingerprint density at radius 1 is 1.27 bits per heavy atom. The molecule has 4 atom stereocenters. The van der Waals surface area contributed by atoms with Crippen LogP contribution < -0.4 is 16.6 Å². The number of fused-ring (bicyclic) bond motifs is 1. The Bertz CT molecular complexity index is 1090. The standard InChI is InChI=1S/C19H28N6O5/c1-19(30)7-11(26)8-24(16(27)12-5-4-6-20-12)9-13(19)25-10-21-15-14(25)17(28)23(3)18(29)22(15)2/h10-13,20,26,30H,4-9H2,1-3H3/t11-,12-,13+,19+/m1/s1. The maximum atomic E-state index is 13.0. The first-order valence-electron chi connectivity index (χ1n) is 10.2. The highest BCUT2D eigenvalue weighted by atomic mass is 16.3. The third-order valence-electron chi connectivity index (χ3n) is 6.37. The van der Waals surface area contributed by atoms with E-state index in [0.717, 1.165) is 24.0 Å². The summed E-state index contributed by atoms with van der Waals surface area (Å²) in [6.07, 6.45) is 2.18. The number of nitrogens with zero attached hydrogens (tertiary/aromatic N) is 5. The van der Waals surface area contributed by atoms with Gasteiger partial charge in [-0.2, -0.15) is 0 Å². The van der Waals surface area contributed by atoms with Crippen LogP contribution in [0.2, 0.25) is 0 Å². The van der Waals surface area contributed by atoms with Gasteiger partial charge in [-0.3, -0.25) is 18.7 Å². The quantitative estimate of drug-likeness (QED) is 0.515. The minimum atomic E-state index is -1.41. The first-order chi connectivity index (χ1) is 14.1. The average Bonchev–Trinajstić information content (AvgIpc) is 3.34. The number of hydrogen-bond acceptors (Lipinski definition) is 7. The van der Waals surface area contributed by atoms with Crippen molar-refractivity contribution in [1.82, 2.24) is 28.9 Å². The van der Waals surface area contributed by atoms with Gasteiger partial charge in [0, 0.05) is 33.6 Å². The van der Waals surface area contributed by atoms with Gasteiger partial charge in [0.15, 0.2) is 11.2 Å². The van der Waals surface area contributed by atoms with Crippen LogP contribution in [0.15, 0.2) is 15.9 Å². The largest absolute Gasteiger partial charge is 0.391 e. The normalized spacial score (nSPS) is 30.0. The lowest BCUT2D eigenvalue weighted by Crippen LogP contribution is -2.48. The van der Waals surface area contributed by atoms with Crippen molar-refractivity contribution in [3.63, 3.8) is 0 Å². The number of hydrogen-bond donors (Lipinski definition) is 3. The summed E-state index contributed by atoms with van der Waals surface area (Å²) in [7, 11) is 2.91. The maximum absolute atomic E-state index is 13.0. The fourth-order valence-corrected chi connectivity index (χ4v) is 4.70. The number of amides is 1. The third-order valence-corrected chi connectivity index (χ3v) is 6.37. The van der Waals surface area contributed by atoms with Crippen molar-refractivity contribution in [3.8, 4) is 0 Å². The van der Waals surface area contributed by atoms with Gasteiger partial charge in [0.1, 0.15) is 0 Å². The number of aliphatic hydroxyl groups is 2. The molecular formula is C19H28N6O5. The summed E-state index contributed by atoms with van der Waals surface area (Å²) in [6.45, 7) is 2.57. The molecule has 164 valence electrons. The second-order valence-corrected chi connectivity index (χ2v) is 8.65. The summed E-state index contributed by atoms with van der Waals surface area (Å²) in [5, 5.41) is 24.9. The van der Waals surface area contributed by atoms with Gasteiger partial charge in [0.2, 0.25) is 5.91 Å². The molecule has 2 aromatic heterocycles. The molecule has 0 unspecified atom stereocenters. The fourth-order valence-electron chi connectivity index (χ4n) is 4.70. The fraction of sp³-hybridized carbons (Fsp3) is 0.684. The van der Waals surface area contributed by atoms with Crippen LogP contribution in [0.5, 0.6) is 0 Å². The lowest BCUT2D eigenvalue weighted by molar-refractivity contribution is -0.134. The van der Waals surface area contributed by atoms with E-state index in [-0.39, 0.29) is 42.6 Å². The molecule has 2 aliphatic heterocycles. The van der Waals surface area contributed by atoms with Crippen LogP contribution in [-0.4, -0.2) is 77.1 Å². The molecule has 4 rings (SSSR count). The molecule has 2 aliphatic rings. The minimum absolute atomic E-state index is 0.0330. The first kappa shape index (κ1) is 20.8. The van der Waals surface area contributed by atoms with Crippen molar-refractivity contribution in [2.24, 2.45) is 14.1 Å². The highest BCUT2D eigenvalue weighted by molar-refractivity contribution is 5.82. The Kier molecular flexibility index (Phi) is 5.07. The van der Waals surface area contributed by atoms with Crippen LogP contribution >= 0.6 is 0 Å². The van der Waals surface area contributed by atoms with Crippen molar-refractivity contribution < 1.29 is 15.0 Å². The SMILES string of the molecule is Cn1c(=O)c2c(ncn2[C@H]2CN(C(=O)[C@H]3CCCN3)C[C@H](O)C[C@]2(C)O)n(C)c1=O. The number of rotatable bonds is 2. The van der Waals surface area contributed by atoms with E-state index >= 15 is 0 Å². The Hall–Kier alpha value is -2.50. The zero-order chi connectivity index (χ0) is 21.8. The zero-order valence-electron chi connectivity index (χ0n) is 17.4. The van der Waals surface area contributed by atoms with E-state index in [9.17, 15) is 24.6 Å². The molecule has 2 saturated heterocycles. The smallest absolute Gasteiger partial charge is 0.332 e. The molecule has 0 bridgehead atoms. The number of imidazole rings is 1. The predicted molar refractivity (Wildman–Crippen MR) is 108 cm³/mol. The van der Waals surface area contributed by atoms with E-state index in [2.05, 4.69) is 10.3 Å². The summed E-state index contributed by atoms with van der Waals surface area (Å²) in [5.74, 6) is -0.126. The van der Waals surface area contributed by atoms with Gasteiger partial charge in [-0.25, -0.2) is 9.78 Å². The minimum Gasteiger partial charge on any atom is -0.391 e. The van der Waals surface area contributed by atoms with Crippen molar-refractivity contribution in [2.45, 2.75) is 50.0 Å². The van der Waals surface area contributed by atoms with Crippen LogP contribution in [0, 0.1) is 0 Å². The number of aromatic nitrogens is 4. The van der Waals surface area contributed by atoms with Crippen molar-refractivity contribution in [3.05, 3.63) is 27.2 Å². The molecule has 11 heteroatoms. The number of aryl methyl sites for hydroxylation is 1. The molecule has 4 heterocycles. The predicted octanol–water partition coefficient (Wildman–Crippen LogP) is -1.93. The van der Waals surface area contributed by atoms with E-state index in [0.29, 0.717) is 0 Å². The van der Waals surface area contributed by atoms with Crippen LogP contribution in [0.3, 0.4) is 0 Å². The number of nitrogens with one attached hydrogen (secondary N) is 1. The molecule has 30 heavy (non-hydrogen) atoms. The monoisotopic (exact) mass is 420 g/mol. The summed E-state index contributed by atoms with van der Waals surface area (Å²) < 4.78 is 3.81. The Morgan fingerprint density at radius 3 is 2.67 bits per heavy atom. The van der Waals surface area contributed by atoms with Crippen LogP contribution in [0.25, 0.3) is 11.2 Å². The average molecular weight is 420 g/mol. The maximum Gasteiger partial charge on any atom is 0.332 e. The molecule has 2 aromatic rings. The lowest BCUT2D eigenvalue weighted by Gasteiger charge is -2.34. The van der Waals surface area contributed by atoms with E-state index in [1.807, 2.05) is 0 Å². The van der Waals surface area contributed by atoms with E-state index in [1.54, 1.807) is 11.8 Å². The molecule has 3 N–H and O–H groups in total. The topological polar surface area (TPSA) is 135 Å². The Morgan fingerprint density at radius 2 is 2.00 bits per heavy atom. The molecule has 0 saturated carbocycles. The van der Waals surface area contributed by atoms with Gasteiger partial charge in [-0.1, -0.05) is 0 Å². The molecule has 11 nitrogen and oxygen atoms in total. The number of carbonyl (C=O) groups excluding carboxylic acids is 1. The van der Waals surface area contributed by atoms with Gasteiger partial charge < -0.3 is 25.0 Å². The summed E-state index contributed by atoms with van der Waals surface area (Å²) >= 11 is 0. The molecule has 1 amide bonds. The van der Waals surface area contributed by atoms with Gasteiger partial charge >= 0.3 is 5.69 Å². The molecular weight excluding hydrogens is 392 g/mol. The van der Waals surface area contributed by atoms with Crippen LogP contribution in [0.1, 0.15) is 32.2 Å². The second-order valence-electron chi connectivity index (χ2n) is 8.65. The highest BCUT2D eigenvalue weighted by Crippen LogP contribution is 2.33. The van der Waals surface area contributed by atoms with Gasteiger partial charge in [0.25, 0.3) is 5.56 Å². The van der Waals surface area contributed by atoms with E-state index in [1.165, 1.54) is 29.6 Å². The van der Waals surface area contributed by atoms with Gasteiger partial charge in [-0.05, 0) is 26.3 Å².